The van der Waals surface area contributed by atoms with Gasteiger partial charge in [0.2, 0.25) is 0 Å². The maximum absolute atomic E-state index is 10.5. The number of aromatic nitrogens is 1. The Morgan fingerprint density at radius 1 is 1.20 bits per heavy atom. The Hall–Kier alpha value is -1.62. The van der Waals surface area contributed by atoms with E-state index in [2.05, 4.69) is 59.0 Å². The molecule has 3 atom stereocenters. The molecule has 4 nitrogen and oxygen atoms in total. The number of rotatable bonds is 5. The summed E-state index contributed by atoms with van der Waals surface area (Å²) < 4.78 is 8.43. The fourth-order valence-electron chi connectivity index (χ4n) is 4.31. The Balaban J connectivity index is 1.32. The maximum atomic E-state index is 10.5. The van der Waals surface area contributed by atoms with E-state index < -0.39 is 6.10 Å². The lowest BCUT2D eigenvalue weighted by molar-refractivity contribution is -0.0340. The van der Waals surface area contributed by atoms with E-state index >= 15 is 0 Å². The van der Waals surface area contributed by atoms with Crippen molar-refractivity contribution in [1.29, 1.82) is 0 Å². The van der Waals surface area contributed by atoms with Crippen molar-refractivity contribution in [3.63, 3.8) is 0 Å². The Morgan fingerprint density at radius 2 is 2.08 bits per heavy atom. The number of fused-ring (bicyclic) bond motifs is 2. The van der Waals surface area contributed by atoms with Crippen LogP contribution in [-0.2, 0) is 17.7 Å². The van der Waals surface area contributed by atoms with Gasteiger partial charge in [-0.2, -0.15) is 0 Å². The summed E-state index contributed by atoms with van der Waals surface area (Å²) >= 11 is 0. The molecule has 2 aliphatic rings. The second kappa shape index (κ2) is 7.32. The van der Waals surface area contributed by atoms with E-state index in [-0.39, 0.29) is 6.10 Å². The SMILES string of the molecule is C[C@@H]1c2cccn2CCN1C[C@H](O)CO[C@H]1CCCc2ccccc21. The Morgan fingerprint density at radius 3 is 3.00 bits per heavy atom. The Kier molecular flexibility index (Phi) is 4.93. The first kappa shape index (κ1) is 16.8. The summed E-state index contributed by atoms with van der Waals surface area (Å²) in [5, 5.41) is 10.5. The van der Waals surface area contributed by atoms with Crippen LogP contribution >= 0.6 is 0 Å². The van der Waals surface area contributed by atoms with E-state index in [0.29, 0.717) is 19.2 Å². The quantitative estimate of drug-likeness (QED) is 0.907. The monoisotopic (exact) mass is 340 g/mol. The van der Waals surface area contributed by atoms with E-state index in [1.165, 1.54) is 16.8 Å². The first-order valence-corrected chi connectivity index (χ1v) is 9.49. The molecule has 0 radical (unpaired) electrons. The van der Waals surface area contributed by atoms with Crippen LogP contribution in [0.25, 0.3) is 0 Å². The minimum atomic E-state index is -0.446. The van der Waals surface area contributed by atoms with Crippen molar-refractivity contribution < 1.29 is 9.84 Å². The fraction of sp³-hybridized carbons (Fsp3) is 0.524. The number of β-amino-alcohol motifs (C(OH)–C–C–N with tert-alkyl or cyclic N) is 1. The summed E-state index contributed by atoms with van der Waals surface area (Å²) in [7, 11) is 0. The van der Waals surface area contributed by atoms with Gasteiger partial charge in [-0.15, -0.1) is 0 Å². The molecule has 2 heterocycles. The minimum Gasteiger partial charge on any atom is -0.389 e. The zero-order chi connectivity index (χ0) is 17.2. The summed E-state index contributed by atoms with van der Waals surface area (Å²) in [5.74, 6) is 0. The first-order chi connectivity index (χ1) is 12.2. The summed E-state index contributed by atoms with van der Waals surface area (Å²) in [6.07, 6.45) is 5.19. The van der Waals surface area contributed by atoms with Gasteiger partial charge in [-0.1, -0.05) is 24.3 Å². The number of benzene rings is 1. The molecule has 1 aromatic heterocycles. The molecule has 1 N–H and O–H groups in total. The molecule has 0 amide bonds. The molecular weight excluding hydrogens is 312 g/mol. The van der Waals surface area contributed by atoms with Crippen molar-refractivity contribution in [1.82, 2.24) is 9.47 Å². The van der Waals surface area contributed by atoms with Crippen LogP contribution in [0.5, 0.6) is 0 Å². The highest BCUT2D eigenvalue weighted by molar-refractivity contribution is 5.31. The molecule has 25 heavy (non-hydrogen) atoms. The molecule has 0 saturated carbocycles. The second-order valence-corrected chi connectivity index (χ2v) is 7.36. The average molecular weight is 340 g/mol. The third-order valence-corrected chi connectivity index (χ3v) is 5.72. The third kappa shape index (κ3) is 3.52. The van der Waals surface area contributed by atoms with Gasteiger partial charge in [-0.3, -0.25) is 4.90 Å². The molecule has 0 bridgehead atoms. The molecule has 1 aromatic carbocycles. The number of ether oxygens (including phenoxy) is 1. The van der Waals surface area contributed by atoms with E-state index in [1.54, 1.807) is 0 Å². The molecule has 1 aliphatic heterocycles. The van der Waals surface area contributed by atoms with Gasteiger partial charge >= 0.3 is 0 Å². The van der Waals surface area contributed by atoms with Crippen molar-refractivity contribution in [3.05, 3.63) is 59.4 Å². The van der Waals surface area contributed by atoms with Crippen LogP contribution < -0.4 is 0 Å². The highest BCUT2D eigenvalue weighted by atomic mass is 16.5. The molecule has 0 fully saturated rings. The van der Waals surface area contributed by atoms with Gasteiger partial charge < -0.3 is 14.4 Å². The van der Waals surface area contributed by atoms with Gasteiger partial charge in [0.25, 0.3) is 0 Å². The molecule has 0 spiro atoms. The average Bonchev–Trinajstić information content (AvgIpc) is 3.12. The highest BCUT2D eigenvalue weighted by Gasteiger charge is 2.26. The van der Waals surface area contributed by atoms with Crippen molar-refractivity contribution in [2.75, 3.05) is 19.7 Å². The first-order valence-electron chi connectivity index (χ1n) is 9.49. The molecule has 0 unspecified atom stereocenters. The largest absolute Gasteiger partial charge is 0.389 e. The van der Waals surface area contributed by atoms with E-state index in [0.717, 1.165) is 32.4 Å². The van der Waals surface area contributed by atoms with Crippen LogP contribution in [0.1, 0.15) is 48.7 Å². The number of aliphatic hydroxyl groups is 1. The van der Waals surface area contributed by atoms with Crippen LogP contribution in [0, 0.1) is 0 Å². The standard InChI is InChI=1S/C21H28N2O2/c1-16-20-9-5-11-22(20)12-13-23(16)14-18(24)15-25-21-10-4-7-17-6-2-3-8-19(17)21/h2-3,5-6,8-9,11,16,18,21,24H,4,7,10,12-15H2,1H3/t16-,18+,21+/m1/s1. The molecule has 2 aromatic rings. The molecule has 4 rings (SSSR count). The fourth-order valence-corrected chi connectivity index (χ4v) is 4.31. The van der Waals surface area contributed by atoms with Crippen LogP contribution in [0.2, 0.25) is 0 Å². The number of hydrogen-bond donors (Lipinski definition) is 1. The molecule has 1 aliphatic carbocycles. The van der Waals surface area contributed by atoms with E-state index in [1.807, 2.05) is 0 Å². The van der Waals surface area contributed by atoms with E-state index in [4.69, 9.17) is 4.74 Å². The van der Waals surface area contributed by atoms with Crippen molar-refractivity contribution in [2.24, 2.45) is 0 Å². The molecule has 0 saturated heterocycles. The Labute approximate surface area is 150 Å². The second-order valence-electron chi connectivity index (χ2n) is 7.36. The van der Waals surface area contributed by atoms with Crippen molar-refractivity contribution in [2.45, 2.75) is 51.0 Å². The number of aryl methyl sites for hydroxylation is 1. The Bertz CT molecular complexity index is 711. The van der Waals surface area contributed by atoms with Gasteiger partial charge in [0.05, 0.1) is 18.8 Å². The summed E-state index contributed by atoms with van der Waals surface area (Å²) in [4.78, 5) is 2.36. The maximum Gasteiger partial charge on any atom is 0.0900 e. The molecule has 4 heteroatoms. The zero-order valence-electron chi connectivity index (χ0n) is 15.0. The topological polar surface area (TPSA) is 37.6 Å². The summed E-state index contributed by atoms with van der Waals surface area (Å²) in [6.45, 7) is 5.27. The van der Waals surface area contributed by atoms with Crippen LogP contribution in [-0.4, -0.2) is 40.4 Å². The van der Waals surface area contributed by atoms with Gasteiger partial charge in [0.1, 0.15) is 0 Å². The number of aliphatic hydroxyl groups excluding tert-OH is 1. The minimum absolute atomic E-state index is 0.135. The highest BCUT2D eigenvalue weighted by Crippen LogP contribution is 2.32. The predicted octanol–water partition coefficient (Wildman–Crippen LogP) is 3.32. The third-order valence-electron chi connectivity index (χ3n) is 5.72. The van der Waals surface area contributed by atoms with Gasteiger partial charge in [0, 0.05) is 37.6 Å². The van der Waals surface area contributed by atoms with Crippen molar-refractivity contribution >= 4 is 0 Å². The lowest BCUT2D eigenvalue weighted by atomic mass is 9.89. The molecule has 134 valence electrons. The number of hydrogen-bond acceptors (Lipinski definition) is 3. The van der Waals surface area contributed by atoms with Crippen LogP contribution in [0.3, 0.4) is 0 Å². The lowest BCUT2D eigenvalue weighted by Crippen LogP contribution is -2.42. The number of nitrogens with zero attached hydrogens (tertiary/aromatic N) is 2. The van der Waals surface area contributed by atoms with Crippen molar-refractivity contribution in [3.8, 4) is 0 Å². The summed E-state index contributed by atoms with van der Waals surface area (Å²) in [5.41, 5.74) is 4.05. The molecular formula is C21H28N2O2. The van der Waals surface area contributed by atoms with Crippen LogP contribution in [0.4, 0.5) is 0 Å². The lowest BCUT2D eigenvalue weighted by Gasteiger charge is -2.36. The van der Waals surface area contributed by atoms with Gasteiger partial charge in [0.15, 0.2) is 0 Å². The summed E-state index contributed by atoms with van der Waals surface area (Å²) in [6, 6.07) is 13.2. The van der Waals surface area contributed by atoms with E-state index in [9.17, 15) is 5.11 Å². The zero-order valence-corrected chi connectivity index (χ0v) is 15.0. The van der Waals surface area contributed by atoms with Gasteiger partial charge in [-0.05, 0) is 49.4 Å². The van der Waals surface area contributed by atoms with Gasteiger partial charge in [-0.25, -0.2) is 0 Å². The predicted molar refractivity (Wildman–Crippen MR) is 98.5 cm³/mol. The normalized spacial score (nSPS) is 24.6. The van der Waals surface area contributed by atoms with Crippen LogP contribution in [0.15, 0.2) is 42.6 Å². The smallest absolute Gasteiger partial charge is 0.0900 e.